The molecule has 3 rings (SSSR count). The zero-order valence-corrected chi connectivity index (χ0v) is 21.8. The highest BCUT2D eigenvalue weighted by molar-refractivity contribution is 5.83. The van der Waals surface area contributed by atoms with Crippen LogP contribution in [0.5, 0.6) is 0 Å². The Bertz CT molecular complexity index is 991. The van der Waals surface area contributed by atoms with E-state index in [0.29, 0.717) is 19.4 Å². The number of nitrogens with zero attached hydrogens (tertiary/aromatic N) is 5. The largest absolute Gasteiger partial charge is 0.361 e. The van der Waals surface area contributed by atoms with Crippen molar-refractivity contribution in [3.05, 3.63) is 79.1 Å². The van der Waals surface area contributed by atoms with Gasteiger partial charge in [0.2, 0.25) is 18.3 Å². The van der Waals surface area contributed by atoms with Gasteiger partial charge >= 0.3 is 0 Å². The normalized spacial score (nSPS) is 13.4. The van der Waals surface area contributed by atoms with Crippen LogP contribution in [0.15, 0.2) is 73.5 Å². The molecule has 8 nitrogen and oxygen atoms in total. The molecule has 2 amide bonds. The Balaban J connectivity index is 0.000000271. The number of aromatic nitrogens is 2. The molecule has 0 radical (unpaired) electrons. The van der Waals surface area contributed by atoms with E-state index in [-0.39, 0.29) is 5.91 Å². The number of rotatable bonds is 11. The highest BCUT2D eigenvalue weighted by Crippen LogP contribution is 2.21. The summed E-state index contributed by atoms with van der Waals surface area (Å²) in [4.78, 5) is 31.6. The second-order valence-electron chi connectivity index (χ2n) is 8.62. The molecule has 36 heavy (non-hydrogen) atoms. The highest BCUT2D eigenvalue weighted by Gasteiger charge is 2.18. The Kier molecular flexibility index (Phi) is 12.8. The minimum atomic E-state index is -0.218. The lowest BCUT2D eigenvalue weighted by Gasteiger charge is -2.28. The van der Waals surface area contributed by atoms with E-state index in [0.717, 1.165) is 55.8 Å². The molecule has 1 aromatic heterocycles. The number of imidazole rings is 1. The van der Waals surface area contributed by atoms with Crippen molar-refractivity contribution in [1.29, 1.82) is 0 Å². The summed E-state index contributed by atoms with van der Waals surface area (Å²) in [6.07, 6.45) is 13.8. The monoisotopic (exact) mass is 492 g/mol. The summed E-state index contributed by atoms with van der Waals surface area (Å²) in [7, 11) is 4.08. The minimum absolute atomic E-state index is 0.218. The van der Waals surface area contributed by atoms with E-state index in [4.69, 9.17) is 4.98 Å². The molecule has 0 unspecified atom stereocenters. The van der Waals surface area contributed by atoms with E-state index >= 15 is 0 Å². The van der Waals surface area contributed by atoms with Crippen molar-refractivity contribution in [2.24, 2.45) is 0 Å². The molecule has 0 saturated carbocycles. The van der Waals surface area contributed by atoms with Crippen molar-refractivity contribution in [1.82, 2.24) is 19.8 Å². The smallest absolute Gasteiger partial charge is 0.225 e. The first kappa shape index (κ1) is 28.6. The fraction of sp³-hybridized carbons (Fsp3) is 0.393. The van der Waals surface area contributed by atoms with Crippen LogP contribution in [0.1, 0.15) is 25.3 Å². The lowest BCUT2D eigenvalue weighted by atomic mass is 10.2. The predicted octanol–water partition coefficient (Wildman–Crippen LogP) is 3.48. The number of anilines is 2. The summed E-state index contributed by atoms with van der Waals surface area (Å²) in [6, 6.07) is 10.6. The van der Waals surface area contributed by atoms with E-state index in [9.17, 15) is 9.59 Å². The third-order valence-electron chi connectivity index (χ3n) is 5.58. The van der Waals surface area contributed by atoms with Gasteiger partial charge in [0.25, 0.3) is 0 Å². The fourth-order valence-corrected chi connectivity index (χ4v) is 3.59. The molecule has 2 heterocycles. The summed E-state index contributed by atoms with van der Waals surface area (Å²) in [6.45, 7) is 10.3. The lowest BCUT2D eigenvalue weighted by Crippen LogP contribution is -2.44. The van der Waals surface area contributed by atoms with Gasteiger partial charge in [-0.2, -0.15) is 4.98 Å². The summed E-state index contributed by atoms with van der Waals surface area (Å²) in [5.74, 6) is 1.87. The minimum Gasteiger partial charge on any atom is -0.361 e. The van der Waals surface area contributed by atoms with Gasteiger partial charge in [0.15, 0.2) is 0 Å². The second-order valence-corrected chi connectivity index (χ2v) is 8.62. The first-order chi connectivity index (χ1) is 17.5. The van der Waals surface area contributed by atoms with Gasteiger partial charge in [-0.05, 0) is 18.4 Å². The lowest BCUT2D eigenvalue weighted by molar-refractivity contribution is -0.136. The van der Waals surface area contributed by atoms with Gasteiger partial charge in [-0.3, -0.25) is 14.5 Å². The zero-order chi connectivity index (χ0) is 26.2. The van der Waals surface area contributed by atoms with Crippen LogP contribution in [0.4, 0.5) is 11.8 Å². The summed E-state index contributed by atoms with van der Waals surface area (Å²) < 4.78 is 2.26. The van der Waals surface area contributed by atoms with Crippen molar-refractivity contribution >= 4 is 24.1 Å². The van der Waals surface area contributed by atoms with Gasteiger partial charge in [-0.25, -0.2) is 0 Å². The maximum absolute atomic E-state index is 10.8. The average molecular weight is 493 g/mol. The Morgan fingerprint density at radius 3 is 2.47 bits per heavy atom. The molecular weight excluding hydrogens is 452 g/mol. The molecule has 1 fully saturated rings. The topological polar surface area (TPSA) is 73.7 Å². The van der Waals surface area contributed by atoms with Crippen molar-refractivity contribution in [2.75, 3.05) is 56.6 Å². The molecule has 194 valence electrons. The van der Waals surface area contributed by atoms with Crippen LogP contribution >= 0.6 is 0 Å². The van der Waals surface area contributed by atoms with Gasteiger partial charge < -0.3 is 19.7 Å². The highest BCUT2D eigenvalue weighted by atomic mass is 16.2. The Hall–Kier alpha value is -3.65. The van der Waals surface area contributed by atoms with Gasteiger partial charge in [-0.15, -0.1) is 0 Å². The number of amides is 2. The maximum Gasteiger partial charge on any atom is 0.225 e. The summed E-state index contributed by atoms with van der Waals surface area (Å²) in [5, 5.41) is 3.39. The van der Waals surface area contributed by atoms with Crippen LogP contribution in [-0.4, -0.2) is 73.6 Å². The molecule has 0 spiro atoms. The average Bonchev–Trinajstić information content (AvgIpc) is 3.31. The van der Waals surface area contributed by atoms with E-state index in [1.807, 2.05) is 38.4 Å². The number of piperazine rings is 1. The van der Waals surface area contributed by atoms with E-state index in [1.54, 1.807) is 6.08 Å². The number of benzene rings is 1. The third kappa shape index (κ3) is 9.92. The molecule has 1 aromatic carbocycles. The van der Waals surface area contributed by atoms with E-state index in [2.05, 4.69) is 62.8 Å². The summed E-state index contributed by atoms with van der Waals surface area (Å²) in [5.41, 5.74) is 1.30. The number of allylic oxidation sites excluding steroid dienone is 4. The molecule has 8 heteroatoms. The van der Waals surface area contributed by atoms with Gasteiger partial charge in [0.1, 0.15) is 5.82 Å². The molecule has 1 saturated heterocycles. The van der Waals surface area contributed by atoms with Crippen molar-refractivity contribution in [3.8, 4) is 0 Å². The van der Waals surface area contributed by atoms with Crippen molar-refractivity contribution in [2.45, 2.75) is 26.3 Å². The van der Waals surface area contributed by atoms with Crippen LogP contribution in [-0.2, 0) is 16.1 Å². The van der Waals surface area contributed by atoms with Crippen molar-refractivity contribution < 1.29 is 9.59 Å². The second kappa shape index (κ2) is 16.1. The van der Waals surface area contributed by atoms with Gasteiger partial charge in [0.05, 0.1) is 12.7 Å². The molecule has 1 aliphatic heterocycles. The third-order valence-corrected chi connectivity index (χ3v) is 5.58. The SMILES string of the molecule is C=C/C=C\C/C=C\CCN(C=O)C(C)=O.CN(C)c1cn(Cc2ccccc2)c(N2CCNCC2)n1. The van der Waals surface area contributed by atoms with Crippen LogP contribution in [0.3, 0.4) is 0 Å². The van der Waals surface area contributed by atoms with Crippen LogP contribution in [0.25, 0.3) is 0 Å². The maximum atomic E-state index is 10.8. The fourth-order valence-electron chi connectivity index (χ4n) is 3.59. The quantitative estimate of drug-likeness (QED) is 0.294. The Morgan fingerprint density at radius 2 is 1.86 bits per heavy atom. The van der Waals surface area contributed by atoms with E-state index in [1.165, 1.54) is 12.5 Å². The van der Waals surface area contributed by atoms with Crippen LogP contribution < -0.4 is 15.1 Å². The molecule has 0 aliphatic carbocycles. The molecule has 1 aliphatic rings. The first-order valence-corrected chi connectivity index (χ1v) is 12.4. The number of hydrogen-bond donors (Lipinski definition) is 1. The molecule has 1 N–H and O–H groups in total. The molecule has 2 aromatic rings. The number of hydrogen-bond acceptors (Lipinski definition) is 6. The first-order valence-electron chi connectivity index (χ1n) is 12.4. The van der Waals surface area contributed by atoms with Crippen LogP contribution in [0, 0.1) is 0 Å². The van der Waals surface area contributed by atoms with Gasteiger partial charge in [-0.1, -0.05) is 67.3 Å². The van der Waals surface area contributed by atoms with E-state index < -0.39 is 0 Å². The Labute approximate surface area is 215 Å². The number of carbonyl (C=O) groups is 2. The predicted molar refractivity (Wildman–Crippen MR) is 148 cm³/mol. The Morgan fingerprint density at radius 1 is 1.14 bits per heavy atom. The standard InChI is InChI=1S/C16H23N5.C12H17NO2/c1-19(2)15-13-21(12-14-6-4-3-5-7-14)16(18-15)20-10-8-17-9-11-20;1-3-4-5-6-7-8-9-10-13(11-14)12(2)15/h3-7,13,17H,8-12H2,1-2H3;3-5,7-8,11H,1,6,9-10H2,2H3/b;5-4-,8-7-. The zero-order valence-electron chi connectivity index (χ0n) is 21.8. The summed E-state index contributed by atoms with van der Waals surface area (Å²) >= 11 is 0. The molecule has 0 bridgehead atoms. The van der Waals surface area contributed by atoms with Crippen molar-refractivity contribution in [3.63, 3.8) is 0 Å². The van der Waals surface area contributed by atoms with Gasteiger partial charge in [0, 0.05) is 53.7 Å². The number of carbonyl (C=O) groups excluding carboxylic acids is 2. The number of imide groups is 1. The molecular formula is C28H40N6O2. The van der Waals surface area contributed by atoms with Crippen LogP contribution in [0.2, 0.25) is 0 Å². The molecule has 0 atom stereocenters. The number of nitrogens with one attached hydrogen (secondary N) is 1.